The molecule has 20 heavy (non-hydrogen) atoms. The van der Waals surface area contributed by atoms with E-state index in [9.17, 15) is 0 Å². The van der Waals surface area contributed by atoms with Crippen molar-refractivity contribution >= 4 is 0 Å². The average Bonchev–Trinajstić information content (AvgIpc) is 2.46. The molecule has 0 aliphatic heterocycles. The topological polar surface area (TPSA) is 18.5 Å². The van der Waals surface area contributed by atoms with Crippen LogP contribution in [0.25, 0.3) is 0 Å². The number of hydrogen-bond donors (Lipinski definition) is 0. The molecule has 0 heterocycles. The van der Waals surface area contributed by atoms with Gasteiger partial charge in [-0.3, -0.25) is 0 Å². The van der Waals surface area contributed by atoms with Gasteiger partial charge in [-0.1, -0.05) is 32.1 Å². The highest BCUT2D eigenvalue weighted by atomic mass is 16.5. The highest BCUT2D eigenvalue weighted by Crippen LogP contribution is 2.33. The first kappa shape index (κ1) is 16.6. The molecule has 0 N–H and O–H groups in total. The number of benzene rings is 1. The minimum atomic E-state index is 0.549. The van der Waals surface area contributed by atoms with E-state index in [0.717, 1.165) is 30.8 Å². The fourth-order valence-corrected chi connectivity index (χ4v) is 2.29. The average molecular weight is 276 g/mol. The molecule has 0 aliphatic rings. The minimum absolute atomic E-state index is 0.549. The van der Waals surface area contributed by atoms with Crippen LogP contribution in [0, 0.1) is 0 Å². The van der Waals surface area contributed by atoms with E-state index in [1.807, 2.05) is 19.9 Å². The molecule has 1 rings (SSSR count). The summed E-state index contributed by atoms with van der Waals surface area (Å²) in [6, 6.07) is 6.35. The maximum Gasteiger partial charge on any atom is 0.161 e. The van der Waals surface area contributed by atoms with Crippen molar-refractivity contribution in [1.29, 1.82) is 0 Å². The Bertz CT molecular complexity index is 410. The van der Waals surface area contributed by atoms with Crippen LogP contribution in [-0.2, 0) is 0 Å². The van der Waals surface area contributed by atoms with Gasteiger partial charge in [0.15, 0.2) is 11.5 Å². The van der Waals surface area contributed by atoms with Crippen molar-refractivity contribution in [2.24, 2.45) is 0 Å². The second kappa shape index (κ2) is 9.46. The van der Waals surface area contributed by atoms with Crippen LogP contribution in [-0.4, -0.2) is 13.2 Å². The van der Waals surface area contributed by atoms with Crippen molar-refractivity contribution in [3.63, 3.8) is 0 Å². The molecule has 0 aliphatic carbocycles. The zero-order valence-corrected chi connectivity index (χ0v) is 13.3. The van der Waals surface area contributed by atoms with E-state index in [2.05, 4.69) is 38.1 Å². The monoisotopic (exact) mass is 276 g/mol. The second-order valence-electron chi connectivity index (χ2n) is 4.79. The lowest BCUT2D eigenvalue weighted by molar-refractivity contribution is 0.287. The van der Waals surface area contributed by atoms with Crippen LogP contribution in [0.3, 0.4) is 0 Å². The summed E-state index contributed by atoms with van der Waals surface area (Å²) in [5, 5.41) is 0. The maximum absolute atomic E-state index is 5.71. The van der Waals surface area contributed by atoms with Crippen LogP contribution >= 0.6 is 0 Å². The van der Waals surface area contributed by atoms with E-state index in [-0.39, 0.29) is 0 Å². The molecule has 2 nitrogen and oxygen atoms in total. The van der Waals surface area contributed by atoms with Crippen LogP contribution in [0.5, 0.6) is 11.5 Å². The van der Waals surface area contributed by atoms with Gasteiger partial charge in [0.1, 0.15) is 0 Å². The summed E-state index contributed by atoms with van der Waals surface area (Å²) >= 11 is 0. The molecule has 1 aromatic carbocycles. The Balaban J connectivity index is 2.92. The van der Waals surface area contributed by atoms with E-state index in [0.29, 0.717) is 19.1 Å². The van der Waals surface area contributed by atoms with Gasteiger partial charge in [0.2, 0.25) is 0 Å². The number of allylic oxidation sites excluding steroid dienone is 2. The Kier molecular flexibility index (Phi) is 7.86. The molecule has 0 aromatic heterocycles. The van der Waals surface area contributed by atoms with E-state index in [1.54, 1.807) is 0 Å². The quantitative estimate of drug-likeness (QED) is 0.567. The predicted octanol–water partition coefficient (Wildman–Crippen LogP) is 5.33. The lowest BCUT2D eigenvalue weighted by Crippen LogP contribution is -2.01. The summed E-state index contributed by atoms with van der Waals surface area (Å²) in [4.78, 5) is 0. The van der Waals surface area contributed by atoms with Crippen molar-refractivity contribution in [3.8, 4) is 11.5 Å². The fourth-order valence-electron chi connectivity index (χ4n) is 2.29. The van der Waals surface area contributed by atoms with Crippen LogP contribution in [0.4, 0.5) is 0 Å². The molecule has 1 aromatic rings. The van der Waals surface area contributed by atoms with Gasteiger partial charge in [0, 0.05) is 0 Å². The molecule has 0 bridgehead atoms. The van der Waals surface area contributed by atoms with Gasteiger partial charge in [0.05, 0.1) is 13.2 Å². The molecule has 1 unspecified atom stereocenters. The molecule has 2 heteroatoms. The summed E-state index contributed by atoms with van der Waals surface area (Å²) in [7, 11) is 0. The van der Waals surface area contributed by atoms with Gasteiger partial charge >= 0.3 is 0 Å². The van der Waals surface area contributed by atoms with Gasteiger partial charge in [-0.25, -0.2) is 0 Å². The van der Waals surface area contributed by atoms with Gasteiger partial charge in [0.25, 0.3) is 0 Å². The van der Waals surface area contributed by atoms with Crippen molar-refractivity contribution < 1.29 is 9.47 Å². The zero-order valence-electron chi connectivity index (χ0n) is 13.3. The molecule has 0 amide bonds. The number of rotatable bonds is 9. The third kappa shape index (κ3) is 4.92. The lowest BCUT2D eigenvalue weighted by atomic mass is 9.92. The van der Waals surface area contributed by atoms with Crippen molar-refractivity contribution in [3.05, 3.63) is 35.9 Å². The highest BCUT2D eigenvalue weighted by Gasteiger charge is 2.12. The van der Waals surface area contributed by atoms with Gasteiger partial charge in [-0.2, -0.15) is 0 Å². The van der Waals surface area contributed by atoms with Crippen LogP contribution in [0.1, 0.15) is 58.4 Å². The van der Waals surface area contributed by atoms with E-state index in [4.69, 9.17) is 9.47 Å². The minimum Gasteiger partial charge on any atom is -0.490 e. The summed E-state index contributed by atoms with van der Waals surface area (Å²) in [5.41, 5.74) is 1.33. The Morgan fingerprint density at radius 2 is 1.65 bits per heavy atom. The summed E-state index contributed by atoms with van der Waals surface area (Å²) in [5.74, 6) is 2.26. The molecule has 0 saturated carbocycles. The fraction of sp³-hybridized carbons (Fsp3) is 0.556. The van der Waals surface area contributed by atoms with Crippen LogP contribution < -0.4 is 9.47 Å². The largest absolute Gasteiger partial charge is 0.490 e. The molecular weight excluding hydrogens is 248 g/mol. The molecule has 1 atom stereocenters. The standard InChI is InChI=1S/C18H28O2/c1-5-9-10-11-15(6-2)16-12-13-17(19-7-3)18(14-16)20-8-4/h9-10,12-15H,5-8,11H2,1-4H3/b10-9-. The SMILES string of the molecule is CC/C=C\CC(CC)c1ccc(OCC)c(OCC)c1. The van der Waals surface area contributed by atoms with Crippen LogP contribution in [0.2, 0.25) is 0 Å². The first-order chi connectivity index (χ1) is 9.76. The normalized spacial score (nSPS) is 12.6. The molecule has 0 radical (unpaired) electrons. The Hall–Kier alpha value is -1.44. The third-order valence-corrected chi connectivity index (χ3v) is 3.35. The lowest BCUT2D eigenvalue weighted by Gasteiger charge is -2.17. The van der Waals surface area contributed by atoms with E-state index >= 15 is 0 Å². The van der Waals surface area contributed by atoms with Crippen molar-refractivity contribution in [2.45, 2.75) is 52.9 Å². The summed E-state index contributed by atoms with van der Waals surface area (Å²) < 4.78 is 11.3. The van der Waals surface area contributed by atoms with Gasteiger partial charge in [-0.15, -0.1) is 0 Å². The van der Waals surface area contributed by atoms with Crippen molar-refractivity contribution in [1.82, 2.24) is 0 Å². The molecule has 0 spiro atoms. The molecule has 112 valence electrons. The number of hydrogen-bond acceptors (Lipinski definition) is 2. The van der Waals surface area contributed by atoms with Gasteiger partial charge in [-0.05, 0) is 56.7 Å². The maximum atomic E-state index is 5.71. The van der Waals surface area contributed by atoms with Crippen molar-refractivity contribution in [2.75, 3.05) is 13.2 Å². The zero-order chi connectivity index (χ0) is 14.8. The van der Waals surface area contributed by atoms with E-state index in [1.165, 1.54) is 5.56 Å². The summed E-state index contributed by atoms with van der Waals surface area (Å²) in [6.07, 6.45) is 7.84. The molecule has 0 saturated heterocycles. The predicted molar refractivity (Wildman–Crippen MR) is 85.9 cm³/mol. The summed E-state index contributed by atoms with van der Waals surface area (Å²) in [6.45, 7) is 9.73. The first-order valence-electron chi connectivity index (χ1n) is 7.81. The Morgan fingerprint density at radius 3 is 2.25 bits per heavy atom. The highest BCUT2D eigenvalue weighted by molar-refractivity contribution is 5.44. The Labute approximate surface area is 123 Å². The second-order valence-corrected chi connectivity index (χ2v) is 4.79. The molecule has 0 fully saturated rings. The first-order valence-corrected chi connectivity index (χ1v) is 7.81. The smallest absolute Gasteiger partial charge is 0.161 e. The Morgan fingerprint density at radius 1 is 0.950 bits per heavy atom. The number of ether oxygens (including phenoxy) is 2. The van der Waals surface area contributed by atoms with Crippen LogP contribution in [0.15, 0.2) is 30.4 Å². The third-order valence-electron chi connectivity index (χ3n) is 3.35. The van der Waals surface area contributed by atoms with E-state index < -0.39 is 0 Å². The van der Waals surface area contributed by atoms with Gasteiger partial charge < -0.3 is 9.47 Å². The molecular formula is C18H28O2.